The largest absolute Gasteiger partial charge is 0.464 e. The number of benzene rings is 1. The van der Waals surface area contributed by atoms with Gasteiger partial charge in [0.25, 0.3) is 0 Å². The zero-order chi connectivity index (χ0) is 15.3. The van der Waals surface area contributed by atoms with Crippen molar-refractivity contribution in [3.8, 4) is 0 Å². The number of amides is 1. The maximum atomic E-state index is 11.5. The van der Waals surface area contributed by atoms with Gasteiger partial charge in [0.1, 0.15) is 5.70 Å². The minimum absolute atomic E-state index is 0.0642. The zero-order valence-corrected chi connectivity index (χ0v) is 12.2. The highest BCUT2D eigenvalue weighted by Crippen LogP contribution is 2.14. The third-order valence-electron chi connectivity index (χ3n) is 2.31. The molecule has 20 heavy (non-hydrogen) atoms. The van der Waals surface area contributed by atoms with Crippen molar-refractivity contribution < 1.29 is 22.7 Å². The SMILES string of the molecule is COC(=O)/C(=C\c1cccc(S(C)(=O)=O)c1)NC(C)=O. The molecule has 1 aromatic carbocycles. The van der Waals surface area contributed by atoms with Crippen molar-refractivity contribution in [1.29, 1.82) is 0 Å². The Morgan fingerprint density at radius 2 is 1.95 bits per heavy atom. The van der Waals surface area contributed by atoms with Crippen molar-refractivity contribution in [2.24, 2.45) is 0 Å². The van der Waals surface area contributed by atoms with Gasteiger partial charge in [-0.25, -0.2) is 13.2 Å². The minimum Gasteiger partial charge on any atom is -0.464 e. The van der Waals surface area contributed by atoms with Crippen LogP contribution in [-0.4, -0.2) is 33.7 Å². The molecule has 1 rings (SSSR count). The molecule has 7 heteroatoms. The highest BCUT2D eigenvalue weighted by atomic mass is 32.2. The average molecular weight is 297 g/mol. The molecule has 0 aliphatic carbocycles. The Balaban J connectivity index is 3.24. The number of hydrogen-bond donors (Lipinski definition) is 1. The topological polar surface area (TPSA) is 89.5 Å². The zero-order valence-electron chi connectivity index (χ0n) is 11.3. The van der Waals surface area contributed by atoms with Gasteiger partial charge in [-0.05, 0) is 23.8 Å². The van der Waals surface area contributed by atoms with E-state index < -0.39 is 21.7 Å². The molecule has 1 N–H and O–H groups in total. The minimum atomic E-state index is -3.34. The second-order valence-electron chi connectivity index (χ2n) is 4.08. The monoisotopic (exact) mass is 297 g/mol. The molecule has 0 aliphatic rings. The summed E-state index contributed by atoms with van der Waals surface area (Å²) in [7, 11) is -2.16. The Bertz CT molecular complexity index is 661. The summed E-state index contributed by atoms with van der Waals surface area (Å²) in [6, 6.07) is 6.01. The lowest BCUT2D eigenvalue weighted by Crippen LogP contribution is -2.25. The summed E-state index contributed by atoms with van der Waals surface area (Å²) in [6.07, 6.45) is 2.44. The predicted molar refractivity (Wildman–Crippen MR) is 73.4 cm³/mol. The van der Waals surface area contributed by atoms with E-state index in [2.05, 4.69) is 10.1 Å². The van der Waals surface area contributed by atoms with Gasteiger partial charge in [0, 0.05) is 13.2 Å². The van der Waals surface area contributed by atoms with E-state index in [1.165, 1.54) is 32.2 Å². The predicted octanol–water partition coefficient (Wildman–Crippen LogP) is 0.740. The van der Waals surface area contributed by atoms with Gasteiger partial charge in [0.05, 0.1) is 12.0 Å². The summed E-state index contributed by atoms with van der Waals surface area (Å²) < 4.78 is 27.5. The van der Waals surface area contributed by atoms with Crippen LogP contribution >= 0.6 is 0 Å². The molecule has 0 atom stereocenters. The molecule has 0 heterocycles. The van der Waals surface area contributed by atoms with E-state index >= 15 is 0 Å². The summed E-state index contributed by atoms with van der Waals surface area (Å²) in [6.45, 7) is 1.25. The van der Waals surface area contributed by atoms with Gasteiger partial charge in [0.15, 0.2) is 9.84 Å². The average Bonchev–Trinajstić information content (AvgIpc) is 2.36. The normalized spacial score (nSPS) is 11.8. The maximum absolute atomic E-state index is 11.5. The van der Waals surface area contributed by atoms with Crippen LogP contribution in [0.25, 0.3) is 6.08 Å². The van der Waals surface area contributed by atoms with Crippen molar-refractivity contribution in [1.82, 2.24) is 5.32 Å². The third-order valence-corrected chi connectivity index (χ3v) is 3.42. The van der Waals surface area contributed by atoms with Crippen LogP contribution in [0.15, 0.2) is 34.9 Å². The molecule has 0 bridgehead atoms. The molecule has 0 saturated heterocycles. The molecule has 6 nitrogen and oxygen atoms in total. The first-order chi connectivity index (χ1) is 9.24. The van der Waals surface area contributed by atoms with Crippen LogP contribution in [0, 0.1) is 0 Å². The molecule has 0 aromatic heterocycles. The van der Waals surface area contributed by atoms with E-state index in [4.69, 9.17) is 0 Å². The maximum Gasteiger partial charge on any atom is 0.354 e. The molecule has 0 spiro atoms. The summed E-state index contributed by atoms with van der Waals surface area (Å²) in [5.74, 6) is -1.15. The third kappa shape index (κ3) is 4.51. The Kier molecular flexibility index (Phi) is 5.04. The molecular formula is C13H15NO5S. The second kappa shape index (κ2) is 6.33. The van der Waals surface area contributed by atoms with Gasteiger partial charge in [-0.3, -0.25) is 4.79 Å². The number of sulfone groups is 1. The van der Waals surface area contributed by atoms with Crippen LogP contribution in [0.3, 0.4) is 0 Å². The van der Waals surface area contributed by atoms with E-state index in [0.29, 0.717) is 5.56 Å². The Hall–Kier alpha value is -2.15. The van der Waals surface area contributed by atoms with Crippen molar-refractivity contribution >= 4 is 27.8 Å². The lowest BCUT2D eigenvalue weighted by molar-refractivity contribution is -0.137. The lowest BCUT2D eigenvalue weighted by atomic mass is 10.2. The summed E-state index contributed by atoms with van der Waals surface area (Å²) in [5, 5.41) is 2.34. The molecule has 0 saturated carbocycles. The van der Waals surface area contributed by atoms with Crippen molar-refractivity contribution in [3.63, 3.8) is 0 Å². The standard InChI is InChI=1S/C13H15NO5S/c1-9(15)14-12(13(16)19-2)8-10-5-4-6-11(7-10)20(3,17)18/h4-8H,1-3H3,(H,14,15)/b12-8+. The number of hydrogen-bond acceptors (Lipinski definition) is 5. The highest BCUT2D eigenvalue weighted by molar-refractivity contribution is 7.90. The highest BCUT2D eigenvalue weighted by Gasteiger charge is 2.12. The molecule has 0 unspecified atom stereocenters. The quantitative estimate of drug-likeness (QED) is 0.654. The smallest absolute Gasteiger partial charge is 0.354 e. The number of ether oxygens (including phenoxy) is 1. The lowest BCUT2D eigenvalue weighted by Gasteiger charge is -2.06. The van der Waals surface area contributed by atoms with E-state index in [9.17, 15) is 18.0 Å². The van der Waals surface area contributed by atoms with Gasteiger partial charge in [0.2, 0.25) is 5.91 Å². The van der Waals surface area contributed by atoms with E-state index in [-0.39, 0.29) is 10.6 Å². The molecular weight excluding hydrogens is 282 g/mol. The molecule has 1 amide bonds. The summed E-state index contributed by atoms with van der Waals surface area (Å²) in [5.41, 5.74) is 0.396. The molecule has 0 aliphatic heterocycles. The van der Waals surface area contributed by atoms with Crippen LogP contribution in [0.2, 0.25) is 0 Å². The summed E-state index contributed by atoms with van der Waals surface area (Å²) >= 11 is 0. The van der Waals surface area contributed by atoms with Gasteiger partial charge in [-0.15, -0.1) is 0 Å². The number of carbonyl (C=O) groups excluding carboxylic acids is 2. The number of esters is 1. The number of methoxy groups -OCH3 is 1. The fourth-order valence-corrected chi connectivity index (χ4v) is 2.12. The molecule has 0 radical (unpaired) electrons. The van der Waals surface area contributed by atoms with Crippen LogP contribution in [0.4, 0.5) is 0 Å². The van der Waals surface area contributed by atoms with Crippen molar-refractivity contribution in [3.05, 3.63) is 35.5 Å². The van der Waals surface area contributed by atoms with Gasteiger partial charge in [-0.1, -0.05) is 12.1 Å². The fraction of sp³-hybridized carbons (Fsp3) is 0.231. The van der Waals surface area contributed by atoms with Crippen LogP contribution in [0.5, 0.6) is 0 Å². The molecule has 108 valence electrons. The Morgan fingerprint density at radius 3 is 2.45 bits per heavy atom. The summed E-state index contributed by atoms with van der Waals surface area (Å²) in [4.78, 5) is 22.7. The number of rotatable bonds is 4. The number of nitrogens with one attached hydrogen (secondary N) is 1. The van der Waals surface area contributed by atoms with Crippen LogP contribution in [-0.2, 0) is 24.2 Å². The van der Waals surface area contributed by atoms with Crippen molar-refractivity contribution in [2.45, 2.75) is 11.8 Å². The first kappa shape index (κ1) is 15.9. The van der Waals surface area contributed by atoms with Crippen LogP contribution in [0.1, 0.15) is 12.5 Å². The van der Waals surface area contributed by atoms with E-state index in [1.807, 2.05) is 0 Å². The number of carbonyl (C=O) groups is 2. The molecule has 0 fully saturated rings. The first-order valence-corrected chi connectivity index (χ1v) is 7.51. The van der Waals surface area contributed by atoms with Gasteiger partial charge < -0.3 is 10.1 Å². The van der Waals surface area contributed by atoms with E-state index in [1.54, 1.807) is 12.1 Å². The fourth-order valence-electron chi connectivity index (χ4n) is 1.45. The Labute approximate surface area is 117 Å². The second-order valence-corrected chi connectivity index (χ2v) is 6.09. The van der Waals surface area contributed by atoms with E-state index in [0.717, 1.165) is 6.26 Å². The molecule has 1 aromatic rings. The Morgan fingerprint density at radius 1 is 1.30 bits per heavy atom. The van der Waals surface area contributed by atoms with Gasteiger partial charge in [-0.2, -0.15) is 0 Å². The first-order valence-electron chi connectivity index (χ1n) is 5.62. The van der Waals surface area contributed by atoms with Crippen LogP contribution < -0.4 is 5.32 Å². The van der Waals surface area contributed by atoms with Gasteiger partial charge >= 0.3 is 5.97 Å². The van der Waals surface area contributed by atoms with Crippen molar-refractivity contribution in [2.75, 3.05) is 13.4 Å².